The maximum Gasteiger partial charge on any atom is 0.254 e. The summed E-state index contributed by atoms with van der Waals surface area (Å²) >= 11 is 0. The minimum Gasteiger partial charge on any atom is -0.508 e. The Morgan fingerprint density at radius 2 is 1.61 bits per heavy atom. The number of benzene rings is 1. The number of nitrogens with zero attached hydrogens (tertiary/aromatic N) is 1. The Morgan fingerprint density at radius 3 is 2.11 bits per heavy atom. The number of aromatic hydroxyl groups is 2. The summed E-state index contributed by atoms with van der Waals surface area (Å²) in [6.45, 7) is 4.08. The molecule has 0 bridgehead atoms. The molecular weight excluding hydrogens is 230 g/mol. The Morgan fingerprint density at radius 1 is 1.11 bits per heavy atom. The summed E-state index contributed by atoms with van der Waals surface area (Å²) in [4.78, 5) is 14.3. The first kappa shape index (κ1) is 12.7. The number of rotatable bonds is 1. The first-order valence-electron chi connectivity index (χ1n) is 6.34. The molecule has 4 nitrogen and oxygen atoms in total. The Bertz CT molecular complexity index is 428. The third-order valence-corrected chi connectivity index (χ3v) is 3.58. The minimum atomic E-state index is -0.124. The van der Waals surface area contributed by atoms with Crippen LogP contribution in [0.3, 0.4) is 0 Å². The second-order valence-electron chi connectivity index (χ2n) is 5.08. The van der Waals surface area contributed by atoms with Crippen LogP contribution in [0.2, 0.25) is 0 Å². The molecule has 1 heterocycles. The van der Waals surface area contributed by atoms with E-state index in [0.717, 1.165) is 19.3 Å². The van der Waals surface area contributed by atoms with Gasteiger partial charge in [-0.25, -0.2) is 0 Å². The van der Waals surface area contributed by atoms with Crippen LogP contribution in [0.25, 0.3) is 0 Å². The maximum atomic E-state index is 12.4. The Balaban J connectivity index is 2.29. The Labute approximate surface area is 107 Å². The van der Waals surface area contributed by atoms with Crippen molar-refractivity contribution in [2.45, 2.75) is 45.2 Å². The van der Waals surface area contributed by atoms with Gasteiger partial charge in [0, 0.05) is 23.7 Å². The molecule has 4 heteroatoms. The van der Waals surface area contributed by atoms with E-state index in [4.69, 9.17) is 0 Å². The molecule has 0 saturated carbocycles. The van der Waals surface area contributed by atoms with Crippen LogP contribution in [-0.2, 0) is 0 Å². The predicted molar refractivity (Wildman–Crippen MR) is 68.7 cm³/mol. The van der Waals surface area contributed by atoms with E-state index in [0.29, 0.717) is 5.56 Å². The minimum absolute atomic E-state index is 0.0873. The second kappa shape index (κ2) is 4.88. The lowest BCUT2D eigenvalue weighted by Crippen LogP contribution is -2.47. The van der Waals surface area contributed by atoms with Crippen LogP contribution in [0.15, 0.2) is 18.2 Å². The highest BCUT2D eigenvalue weighted by molar-refractivity contribution is 5.95. The van der Waals surface area contributed by atoms with E-state index >= 15 is 0 Å². The van der Waals surface area contributed by atoms with Gasteiger partial charge in [0.05, 0.1) is 0 Å². The summed E-state index contributed by atoms with van der Waals surface area (Å²) in [5.41, 5.74) is 0.341. The number of carbonyl (C=O) groups is 1. The van der Waals surface area contributed by atoms with E-state index in [1.54, 1.807) is 0 Å². The van der Waals surface area contributed by atoms with E-state index in [-0.39, 0.29) is 29.5 Å². The lowest BCUT2D eigenvalue weighted by Gasteiger charge is -2.39. The molecule has 2 atom stereocenters. The van der Waals surface area contributed by atoms with Crippen molar-refractivity contribution < 1.29 is 15.0 Å². The molecule has 1 fully saturated rings. The molecule has 2 unspecified atom stereocenters. The highest BCUT2D eigenvalue weighted by Crippen LogP contribution is 2.27. The van der Waals surface area contributed by atoms with Crippen LogP contribution in [0.5, 0.6) is 11.5 Å². The average molecular weight is 249 g/mol. The summed E-state index contributed by atoms with van der Waals surface area (Å²) in [5, 5.41) is 18.9. The monoisotopic (exact) mass is 249 g/mol. The van der Waals surface area contributed by atoms with Crippen molar-refractivity contribution >= 4 is 5.91 Å². The molecule has 98 valence electrons. The van der Waals surface area contributed by atoms with Crippen LogP contribution in [-0.4, -0.2) is 33.1 Å². The summed E-state index contributed by atoms with van der Waals surface area (Å²) in [6.07, 6.45) is 3.14. The molecule has 2 N–H and O–H groups in total. The van der Waals surface area contributed by atoms with Crippen molar-refractivity contribution in [1.82, 2.24) is 4.90 Å². The molecule has 1 aliphatic heterocycles. The van der Waals surface area contributed by atoms with Crippen molar-refractivity contribution in [3.05, 3.63) is 23.8 Å². The zero-order valence-electron chi connectivity index (χ0n) is 10.8. The van der Waals surface area contributed by atoms with Crippen LogP contribution in [0.1, 0.15) is 43.5 Å². The molecule has 0 radical (unpaired) electrons. The van der Waals surface area contributed by atoms with Gasteiger partial charge in [0.1, 0.15) is 11.5 Å². The summed E-state index contributed by atoms with van der Waals surface area (Å²) in [5.74, 6) is -0.299. The molecule has 0 spiro atoms. The van der Waals surface area contributed by atoms with E-state index in [1.807, 2.05) is 18.7 Å². The Kier molecular flexibility index (Phi) is 3.45. The van der Waals surface area contributed by atoms with Gasteiger partial charge >= 0.3 is 0 Å². The molecule has 1 aromatic carbocycles. The number of likely N-dealkylation sites (tertiary alicyclic amines) is 1. The molecule has 2 rings (SSSR count). The highest BCUT2D eigenvalue weighted by atomic mass is 16.3. The Hall–Kier alpha value is -1.71. The maximum absolute atomic E-state index is 12.4. The summed E-state index contributed by atoms with van der Waals surface area (Å²) < 4.78 is 0. The van der Waals surface area contributed by atoms with Crippen LogP contribution in [0, 0.1) is 0 Å². The molecular formula is C14H19NO3. The number of hydrogen-bond donors (Lipinski definition) is 2. The molecule has 0 aromatic heterocycles. The van der Waals surface area contributed by atoms with Gasteiger partial charge < -0.3 is 15.1 Å². The molecule has 1 aromatic rings. The van der Waals surface area contributed by atoms with Gasteiger partial charge in [-0.2, -0.15) is 0 Å². The fraction of sp³-hybridized carbons (Fsp3) is 0.500. The number of phenolic OH excluding ortho intramolecular Hbond substituents is 2. The lowest BCUT2D eigenvalue weighted by atomic mass is 9.96. The number of phenols is 2. The van der Waals surface area contributed by atoms with Gasteiger partial charge in [-0.1, -0.05) is 0 Å². The number of amides is 1. The fourth-order valence-corrected chi connectivity index (χ4v) is 2.69. The standard InChI is InChI=1S/C14H19NO3/c1-9-4-3-5-10(2)15(9)14(18)11-6-12(16)8-13(17)7-11/h6-10,16-17H,3-5H2,1-2H3. The zero-order chi connectivity index (χ0) is 13.3. The molecule has 1 amide bonds. The van der Waals surface area contributed by atoms with Gasteiger partial charge in [0.2, 0.25) is 0 Å². The predicted octanol–water partition coefficient (Wildman–Crippen LogP) is 2.50. The summed E-state index contributed by atoms with van der Waals surface area (Å²) in [7, 11) is 0. The van der Waals surface area contributed by atoms with Crippen molar-refractivity contribution in [3.63, 3.8) is 0 Å². The average Bonchev–Trinajstić information content (AvgIpc) is 2.27. The molecule has 0 aliphatic carbocycles. The summed E-state index contributed by atoms with van der Waals surface area (Å²) in [6, 6.07) is 4.42. The number of piperidine rings is 1. The molecule has 1 aliphatic rings. The first-order chi connectivity index (χ1) is 8.49. The second-order valence-corrected chi connectivity index (χ2v) is 5.08. The van der Waals surface area contributed by atoms with Gasteiger partial charge in [-0.05, 0) is 45.2 Å². The third kappa shape index (κ3) is 2.42. The van der Waals surface area contributed by atoms with Crippen molar-refractivity contribution in [2.75, 3.05) is 0 Å². The van der Waals surface area contributed by atoms with Gasteiger partial charge in [0.25, 0.3) is 5.91 Å². The SMILES string of the molecule is CC1CCCC(C)N1C(=O)c1cc(O)cc(O)c1. The number of carbonyl (C=O) groups excluding carboxylic acids is 1. The zero-order valence-corrected chi connectivity index (χ0v) is 10.8. The number of hydrogen-bond acceptors (Lipinski definition) is 3. The normalized spacial score (nSPS) is 24.0. The molecule has 18 heavy (non-hydrogen) atoms. The van der Waals surface area contributed by atoms with Crippen LogP contribution >= 0.6 is 0 Å². The van der Waals surface area contributed by atoms with Crippen molar-refractivity contribution in [2.24, 2.45) is 0 Å². The van der Waals surface area contributed by atoms with Crippen molar-refractivity contribution in [1.29, 1.82) is 0 Å². The quantitative estimate of drug-likeness (QED) is 0.804. The van der Waals surface area contributed by atoms with E-state index < -0.39 is 0 Å². The highest BCUT2D eigenvalue weighted by Gasteiger charge is 2.29. The lowest BCUT2D eigenvalue weighted by molar-refractivity contribution is 0.0510. The van der Waals surface area contributed by atoms with E-state index in [9.17, 15) is 15.0 Å². The molecule has 1 saturated heterocycles. The van der Waals surface area contributed by atoms with E-state index in [1.165, 1.54) is 18.2 Å². The third-order valence-electron chi connectivity index (χ3n) is 3.58. The van der Waals surface area contributed by atoms with Crippen LogP contribution in [0.4, 0.5) is 0 Å². The fourth-order valence-electron chi connectivity index (χ4n) is 2.69. The van der Waals surface area contributed by atoms with E-state index in [2.05, 4.69) is 0 Å². The largest absolute Gasteiger partial charge is 0.508 e. The van der Waals surface area contributed by atoms with Gasteiger partial charge in [0.15, 0.2) is 0 Å². The first-order valence-corrected chi connectivity index (χ1v) is 6.34. The smallest absolute Gasteiger partial charge is 0.254 e. The van der Waals surface area contributed by atoms with Gasteiger partial charge in [-0.3, -0.25) is 4.79 Å². The van der Waals surface area contributed by atoms with Crippen LogP contribution < -0.4 is 0 Å². The topological polar surface area (TPSA) is 60.8 Å². The van der Waals surface area contributed by atoms with Crippen molar-refractivity contribution in [3.8, 4) is 11.5 Å². The van der Waals surface area contributed by atoms with Gasteiger partial charge in [-0.15, -0.1) is 0 Å².